The summed E-state index contributed by atoms with van der Waals surface area (Å²) in [5.74, 6) is 0.814. The van der Waals surface area contributed by atoms with Crippen LogP contribution in [0.5, 0.6) is 0 Å². The minimum absolute atomic E-state index is 0.0523. The van der Waals surface area contributed by atoms with Gasteiger partial charge in [0, 0.05) is 37.3 Å². The Labute approximate surface area is 193 Å². The second-order valence-corrected chi connectivity index (χ2v) is 9.73. The van der Waals surface area contributed by atoms with Crippen LogP contribution in [0.3, 0.4) is 0 Å². The monoisotopic (exact) mass is 462 g/mol. The number of halogens is 3. The molecule has 1 saturated carbocycles. The topological polar surface area (TPSA) is 56.4 Å². The molecule has 0 bridgehead atoms. The summed E-state index contributed by atoms with van der Waals surface area (Å²) in [6, 6.07) is 4.07. The summed E-state index contributed by atoms with van der Waals surface area (Å²) in [5.41, 5.74) is 0.981. The van der Waals surface area contributed by atoms with Crippen LogP contribution in [0.1, 0.15) is 36.3 Å². The van der Waals surface area contributed by atoms with Gasteiger partial charge in [-0.3, -0.25) is 0 Å². The van der Waals surface area contributed by atoms with Crippen molar-refractivity contribution in [2.24, 2.45) is 17.8 Å². The van der Waals surface area contributed by atoms with Gasteiger partial charge in [-0.15, -0.1) is 0 Å². The van der Waals surface area contributed by atoms with Crippen molar-refractivity contribution >= 4 is 11.7 Å². The van der Waals surface area contributed by atoms with Crippen LogP contribution >= 0.6 is 0 Å². The van der Waals surface area contributed by atoms with E-state index < -0.39 is 11.7 Å². The molecule has 4 rings (SSSR count). The van der Waals surface area contributed by atoms with Crippen molar-refractivity contribution in [2.75, 3.05) is 39.0 Å². The first-order valence-electron chi connectivity index (χ1n) is 11.7. The third kappa shape index (κ3) is 5.54. The third-order valence-corrected chi connectivity index (χ3v) is 7.14. The number of amides is 2. The van der Waals surface area contributed by atoms with E-state index in [4.69, 9.17) is 0 Å². The predicted molar refractivity (Wildman–Crippen MR) is 124 cm³/mol. The molecule has 1 aliphatic heterocycles. The lowest BCUT2D eigenvalue weighted by Crippen LogP contribution is -2.41. The normalized spacial score (nSPS) is 28.2. The summed E-state index contributed by atoms with van der Waals surface area (Å²) in [4.78, 5) is 14.2. The van der Waals surface area contributed by atoms with Crippen molar-refractivity contribution in [2.45, 2.75) is 37.4 Å². The highest BCUT2D eigenvalue weighted by Crippen LogP contribution is 2.53. The number of anilines is 1. The lowest BCUT2D eigenvalue weighted by molar-refractivity contribution is -0.137. The largest absolute Gasteiger partial charge is 0.416 e. The standard InChI is InChI=1S/C25H33F3N4O/c1-32(2)11-10-29-24(33)30-15-16-12-19-20-14-18(25(26,27)28)8-9-22(20)31-23(21(19)13-16)17-6-4-3-5-7-17/h3-6,8-9,14,16-17,19,21,23,31H,7,10-13,15H2,1-2H3,(H2,29,30,33)/t16-,17?,19+,21+,23-/m0/s1. The van der Waals surface area contributed by atoms with Crippen molar-refractivity contribution in [3.63, 3.8) is 0 Å². The average Bonchev–Trinajstić information content (AvgIpc) is 3.21. The van der Waals surface area contributed by atoms with Crippen LogP contribution < -0.4 is 16.0 Å². The van der Waals surface area contributed by atoms with Crippen LogP contribution in [0.2, 0.25) is 0 Å². The molecule has 3 N–H and O–H groups in total. The number of carbonyl (C=O) groups is 1. The first-order chi connectivity index (χ1) is 15.7. The Morgan fingerprint density at radius 3 is 2.70 bits per heavy atom. The van der Waals surface area contributed by atoms with E-state index in [1.807, 2.05) is 25.1 Å². The van der Waals surface area contributed by atoms with Gasteiger partial charge in [0.15, 0.2) is 0 Å². The lowest BCUT2D eigenvalue weighted by atomic mass is 9.73. The van der Waals surface area contributed by atoms with E-state index in [-0.39, 0.29) is 29.8 Å². The molecule has 1 fully saturated rings. The maximum Gasteiger partial charge on any atom is 0.416 e. The number of alkyl halides is 3. The van der Waals surface area contributed by atoms with Crippen LogP contribution in [0.4, 0.5) is 23.7 Å². The Morgan fingerprint density at radius 1 is 1.18 bits per heavy atom. The van der Waals surface area contributed by atoms with E-state index >= 15 is 0 Å². The Balaban J connectivity index is 1.49. The van der Waals surface area contributed by atoms with Crippen molar-refractivity contribution in [3.05, 3.63) is 53.6 Å². The number of hydrogen-bond donors (Lipinski definition) is 3. The molecule has 5 nitrogen and oxygen atoms in total. The number of benzene rings is 1. The number of carbonyl (C=O) groups excluding carboxylic acids is 1. The maximum absolute atomic E-state index is 13.4. The predicted octanol–water partition coefficient (Wildman–Crippen LogP) is 4.60. The molecule has 2 aliphatic carbocycles. The second kappa shape index (κ2) is 9.79. The highest BCUT2D eigenvalue weighted by Gasteiger charge is 2.46. The van der Waals surface area contributed by atoms with Crippen molar-refractivity contribution in [1.82, 2.24) is 15.5 Å². The van der Waals surface area contributed by atoms with Gasteiger partial charge in [0.05, 0.1) is 5.56 Å². The van der Waals surface area contributed by atoms with Gasteiger partial charge in [0.25, 0.3) is 0 Å². The summed E-state index contributed by atoms with van der Waals surface area (Å²) in [6.07, 6.45) is 6.66. The van der Waals surface area contributed by atoms with Crippen molar-refractivity contribution in [1.29, 1.82) is 0 Å². The fourth-order valence-electron chi connectivity index (χ4n) is 5.55. The minimum Gasteiger partial charge on any atom is -0.381 e. The molecular formula is C25H33F3N4O. The number of urea groups is 1. The highest BCUT2D eigenvalue weighted by molar-refractivity contribution is 5.73. The number of fused-ring (bicyclic) bond motifs is 3. The molecule has 5 atom stereocenters. The van der Waals surface area contributed by atoms with E-state index in [2.05, 4.69) is 34.2 Å². The van der Waals surface area contributed by atoms with Crippen LogP contribution in [0.25, 0.3) is 0 Å². The third-order valence-electron chi connectivity index (χ3n) is 7.14. The van der Waals surface area contributed by atoms with Gasteiger partial charge < -0.3 is 20.9 Å². The van der Waals surface area contributed by atoms with E-state index in [1.165, 1.54) is 12.1 Å². The molecule has 8 heteroatoms. The van der Waals surface area contributed by atoms with Gasteiger partial charge in [-0.05, 0) is 74.9 Å². The highest BCUT2D eigenvalue weighted by atomic mass is 19.4. The van der Waals surface area contributed by atoms with E-state index in [0.29, 0.717) is 19.0 Å². The fraction of sp³-hybridized carbons (Fsp3) is 0.560. The van der Waals surface area contributed by atoms with E-state index in [1.54, 1.807) is 6.07 Å². The summed E-state index contributed by atoms with van der Waals surface area (Å²) in [5, 5.41) is 9.41. The van der Waals surface area contributed by atoms with E-state index in [9.17, 15) is 18.0 Å². The van der Waals surface area contributed by atoms with Gasteiger partial charge in [-0.2, -0.15) is 13.2 Å². The second-order valence-electron chi connectivity index (χ2n) is 9.73. The number of nitrogens with one attached hydrogen (secondary N) is 3. The molecule has 33 heavy (non-hydrogen) atoms. The molecule has 1 unspecified atom stereocenters. The number of hydrogen-bond acceptors (Lipinski definition) is 3. The number of nitrogens with zero attached hydrogens (tertiary/aromatic N) is 1. The van der Waals surface area contributed by atoms with Crippen LogP contribution in [0.15, 0.2) is 42.5 Å². The molecular weight excluding hydrogens is 429 g/mol. The quantitative estimate of drug-likeness (QED) is 0.579. The Kier molecular flexibility index (Phi) is 7.02. The van der Waals surface area contributed by atoms with Gasteiger partial charge in [0.2, 0.25) is 0 Å². The molecule has 1 aromatic carbocycles. The van der Waals surface area contributed by atoms with Gasteiger partial charge in [-0.1, -0.05) is 24.3 Å². The minimum atomic E-state index is -4.36. The zero-order valence-corrected chi connectivity index (χ0v) is 19.2. The molecule has 0 saturated heterocycles. The molecule has 0 aromatic heterocycles. The van der Waals surface area contributed by atoms with Gasteiger partial charge in [0.1, 0.15) is 0 Å². The molecule has 1 aromatic rings. The summed E-state index contributed by atoms with van der Waals surface area (Å²) in [7, 11) is 3.90. The Bertz CT molecular complexity index is 911. The average molecular weight is 463 g/mol. The maximum atomic E-state index is 13.4. The first-order valence-corrected chi connectivity index (χ1v) is 11.7. The number of rotatable bonds is 6. The summed E-state index contributed by atoms with van der Waals surface area (Å²) < 4.78 is 40.2. The zero-order chi connectivity index (χ0) is 23.6. The lowest BCUT2D eigenvalue weighted by Gasteiger charge is -2.41. The first kappa shape index (κ1) is 23.7. The SMILES string of the molecule is CN(C)CCNC(=O)NC[C@@H]1C[C@@H]2[C@H](C1)c1cc(C(F)(F)F)ccc1N[C@H]2C1C=CC=CC1. The van der Waals surface area contributed by atoms with Crippen molar-refractivity contribution in [3.8, 4) is 0 Å². The molecule has 180 valence electrons. The van der Waals surface area contributed by atoms with Crippen LogP contribution in [-0.2, 0) is 6.18 Å². The molecule has 1 heterocycles. The Hall–Kier alpha value is -2.48. The van der Waals surface area contributed by atoms with E-state index in [0.717, 1.165) is 37.1 Å². The summed E-state index contributed by atoms with van der Waals surface area (Å²) in [6.45, 7) is 1.86. The Morgan fingerprint density at radius 2 is 2.00 bits per heavy atom. The fourth-order valence-corrected chi connectivity index (χ4v) is 5.55. The van der Waals surface area contributed by atoms with Crippen LogP contribution in [-0.4, -0.2) is 50.7 Å². The van der Waals surface area contributed by atoms with Gasteiger partial charge >= 0.3 is 12.2 Å². The molecule has 2 amide bonds. The molecule has 0 spiro atoms. The zero-order valence-electron chi connectivity index (χ0n) is 19.2. The number of likely N-dealkylation sites (N-methyl/N-ethyl adjacent to an activating group) is 1. The van der Waals surface area contributed by atoms with Crippen LogP contribution in [0, 0.1) is 17.8 Å². The molecule has 0 radical (unpaired) electrons. The molecule has 3 aliphatic rings. The smallest absolute Gasteiger partial charge is 0.381 e. The number of allylic oxidation sites excluding steroid dienone is 3. The van der Waals surface area contributed by atoms with Gasteiger partial charge in [-0.25, -0.2) is 4.79 Å². The van der Waals surface area contributed by atoms with Crippen molar-refractivity contribution < 1.29 is 18.0 Å². The summed E-state index contributed by atoms with van der Waals surface area (Å²) >= 11 is 0.